The number of benzene rings is 1. The van der Waals surface area contributed by atoms with Crippen LogP contribution in [-0.2, 0) is 22.7 Å². The highest BCUT2D eigenvalue weighted by atomic mass is 32.2. The number of hydrogen-bond donors (Lipinski definition) is 1. The summed E-state index contributed by atoms with van der Waals surface area (Å²) in [6, 6.07) is 9.59. The van der Waals surface area contributed by atoms with Gasteiger partial charge in [0.1, 0.15) is 17.4 Å². The maximum absolute atomic E-state index is 12.4. The Bertz CT molecular complexity index is 1110. The maximum atomic E-state index is 12.4. The van der Waals surface area contributed by atoms with Crippen LogP contribution in [0.3, 0.4) is 0 Å². The van der Waals surface area contributed by atoms with Crippen molar-refractivity contribution in [2.45, 2.75) is 38.1 Å². The second-order valence-corrected chi connectivity index (χ2v) is 9.16. The lowest BCUT2D eigenvalue weighted by Gasteiger charge is -2.10. The predicted molar refractivity (Wildman–Crippen MR) is 130 cm³/mol. The lowest BCUT2D eigenvalue weighted by Crippen LogP contribution is -2.16. The van der Waals surface area contributed by atoms with Gasteiger partial charge in [0.2, 0.25) is 5.91 Å². The van der Waals surface area contributed by atoms with Crippen molar-refractivity contribution in [3.63, 3.8) is 0 Å². The zero-order valence-corrected chi connectivity index (χ0v) is 20.4. The number of methoxy groups -OCH3 is 1. The Labute approximate surface area is 201 Å². The Kier molecular flexibility index (Phi) is 8.67. The van der Waals surface area contributed by atoms with E-state index in [-0.39, 0.29) is 18.3 Å². The number of thioether (sulfide) groups is 1. The van der Waals surface area contributed by atoms with Gasteiger partial charge in [-0.15, -0.1) is 28.1 Å². The minimum atomic E-state index is -0.492. The number of carbonyl (C=O) groups is 2. The predicted octanol–water partition coefficient (Wildman–Crippen LogP) is 4.75. The largest absolute Gasteiger partial charge is 0.486 e. The third kappa shape index (κ3) is 6.45. The van der Waals surface area contributed by atoms with Crippen LogP contribution in [0.1, 0.15) is 41.5 Å². The Morgan fingerprint density at radius 2 is 2.00 bits per heavy atom. The zero-order valence-electron chi connectivity index (χ0n) is 18.7. The standard InChI is InChI=1S/C23H26N4O4S2/c1-5-11-27-19(13-31-17-8-6-16(7-9-17)15(2)3)25-26-23(27)33-14-20(28)24-21-18(10-12-32-21)22(29)30-4/h5-10,12,15H,1,11,13-14H2,2-4H3,(H,24,28). The fourth-order valence-corrected chi connectivity index (χ4v) is 4.47. The van der Waals surface area contributed by atoms with Crippen LogP contribution in [0.5, 0.6) is 5.75 Å². The fraction of sp³-hybridized carbons (Fsp3) is 0.304. The number of nitrogens with one attached hydrogen (secondary N) is 1. The number of allylic oxidation sites excluding steroid dienone is 1. The summed E-state index contributed by atoms with van der Waals surface area (Å²) >= 11 is 2.51. The van der Waals surface area contributed by atoms with Gasteiger partial charge >= 0.3 is 5.97 Å². The molecule has 10 heteroatoms. The SMILES string of the molecule is C=CCn1c(COc2ccc(C(C)C)cc2)nnc1SCC(=O)Nc1sccc1C(=O)OC. The van der Waals surface area contributed by atoms with Gasteiger partial charge in [0.25, 0.3) is 0 Å². The monoisotopic (exact) mass is 486 g/mol. The normalized spacial score (nSPS) is 10.8. The van der Waals surface area contributed by atoms with E-state index in [9.17, 15) is 9.59 Å². The summed E-state index contributed by atoms with van der Waals surface area (Å²) in [5.74, 6) is 1.19. The summed E-state index contributed by atoms with van der Waals surface area (Å²) < 4.78 is 12.5. The number of amides is 1. The summed E-state index contributed by atoms with van der Waals surface area (Å²) in [5.41, 5.74) is 1.58. The minimum Gasteiger partial charge on any atom is -0.486 e. The molecular weight excluding hydrogens is 460 g/mol. The molecule has 0 radical (unpaired) electrons. The van der Waals surface area contributed by atoms with Crippen molar-refractivity contribution in [3.8, 4) is 5.75 Å². The van der Waals surface area contributed by atoms with Crippen LogP contribution in [-0.4, -0.2) is 39.5 Å². The van der Waals surface area contributed by atoms with Gasteiger partial charge in [0, 0.05) is 6.54 Å². The molecule has 0 fully saturated rings. The molecule has 0 unspecified atom stereocenters. The molecule has 2 heterocycles. The number of nitrogens with zero attached hydrogens (tertiary/aromatic N) is 3. The molecule has 0 bridgehead atoms. The first-order valence-electron chi connectivity index (χ1n) is 10.3. The molecule has 3 rings (SSSR count). The van der Waals surface area contributed by atoms with Crippen molar-refractivity contribution < 1.29 is 19.1 Å². The van der Waals surface area contributed by atoms with Crippen LogP contribution < -0.4 is 10.1 Å². The van der Waals surface area contributed by atoms with Crippen LogP contribution in [0.4, 0.5) is 5.00 Å². The van der Waals surface area contributed by atoms with Crippen molar-refractivity contribution in [1.29, 1.82) is 0 Å². The summed E-state index contributed by atoms with van der Waals surface area (Å²) in [6.07, 6.45) is 1.74. The minimum absolute atomic E-state index is 0.102. The molecule has 0 saturated carbocycles. The summed E-state index contributed by atoms with van der Waals surface area (Å²) in [7, 11) is 1.30. The Hall–Kier alpha value is -3.11. The molecule has 8 nitrogen and oxygen atoms in total. The third-order valence-electron chi connectivity index (χ3n) is 4.68. The van der Waals surface area contributed by atoms with Crippen molar-refractivity contribution in [1.82, 2.24) is 14.8 Å². The van der Waals surface area contributed by atoms with Gasteiger partial charge in [-0.25, -0.2) is 4.79 Å². The molecule has 0 spiro atoms. The first-order chi connectivity index (χ1) is 15.9. The highest BCUT2D eigenvalue weighted by Crippen LogP contribution is 2.25. The van der Waals surface area contributed by atoms with Gasteiger partial charge in [0.05, 0.1) is 18.4 Å². The quantitative estimate of drug-likeness (QED) is 0.237. The van der Waals surface area contributed by atoms with E-state index in [4.69, 9.17) is 9.47 Å². The Balaban J connectivity index is 1.61. The second-order valence-electron chi connectivity index (χ2n) is 7.30. The maximum Gasteiger partial charge on any atom is 0.340 e. The molecule has 2 aromatic heterocycles. The van der Waals surface area contributed by atoms with E-state index in [0.717, 1.165) is 5.75 Å². The number of anilines is 1. The molecule has 0 aliphatic carbocycles. The zero-order chi connectivity index (χ0) is 23.8. The molecule has 174 valence electrons. The van der Waals surface area contributed by atoms with Gasteiger partial charge in [-0.1, -0.05) is 43.8 Å². The van der Waals surface area contributed by atoms with Crippen LogP contribution in [0.25, 0.3) is 0 Å². The van der Waals surface area contributed by atoms with Gasteiger partial charge < -0.3 is 14.8 Å². The van der Waals surface area contributed by atoms with E-state index < -0.39 is 5.97 Å². The third-order valence-corrected chi connectivity index (χ3v) is 6.47. The summed E-state index contributed by atoms with van der Waals surface area (Å²) in [6.45, 7) is 8.81. The molecular formula is C23H26N4O4S2. The smallest absolute Gasteiger partial charge is 0.340 e. The van der Waals surface area contributed by atoms with E-state index in [1.807, 2.05) is 28.8 Å². The summed E-state index contributed by atoms with van der Waals surface area (Å²) in [5, 5.41) is 13.9. The van der Waals surface area contributed by atoms with Crippen molar-refractivity contribution >= 4 is 40.0 Å². The molecule has 1 aromatic carbocycles. The molecule has 0 aliphatic rings. The number of ether oxygens (including phenoxy) is 2. The number of esters is 1. The molecule has 33 heavy (non-hydrogen) atoms. The van der Waals surface area contributed by atoms with Gasteiger partial charge in [0.15, 0.2) is 11.0 Å². The van der Waals surface area contributed by atoms with E-state index in [1.54, 1.807) is 17.5 Å². The average Bonchev–Trinajstić information content (AvgIpc) is 3.43. The van der Waals surface area contributed by atoms with Crippen LogP contribution in [0, 0.1) is 0 Å². The second kappa shape index (κ2) is 11.7. The number of hydrogen-bond acceptors (Lipinski definition) is 8. The van der Waals surface area contributed by atoms with Crippen LogP contribution in [0.2, 0.25) is 0 Å². The average molecular weight is 487 g/mol. The molecule has 1 N–H and O–H groups in total. The Morgan fingerprint density at radius 1 is 1.24 bits per heavy atom. The van der Waals surface area contributed by atoms with Crippen LogP contribution >= 0.6 is 23.1 Å². The first-order valence-corrected chi connectivity index (χ1v) is 12.1. The van der Waals surface area contributed by atoms with Gasteiger partial charge in [-0.05, 0) is 35.1 Å². The highest BCUT2D eigenvalue weighted by molar-refractivity contribution is 7.99. The number of aromatic nitrogens is 3. The number of carbonyl (C=O) groups excluding carboxylic acids is 2. The van der Waals surface area contributed by atoms with E-state index >= 15 is 0 Å². The first kappa shape index (κ1) is 24.5. The Morgan fingerprint density at radius 3 is 2.67 bits per heavy atom. The topological polar surface area (TPSA) is 95.3 Å². The molecule has 0 aliphatic heterocycles. The number of thiophene rings is 1. The van der Waals surface area contributed by atoms with E-state index in [2.05, 4.69) is 35.9 Å². The van der Waals surface area contributed by atoms with Crippen molar-refractivity contribution in [2.24, 2.45) is 0 Å². The van der Waals surface area contributed by atoms with Gasteiger partial charge in [-0.2, -0.15) is 0 Å². The number of rotatable bonds is 11. The highest BCUT2D eigenvalue weighted by Gasteiger charge is 2.17. The lowest BCUT2D eigenvalue weighted by molar-refractivity contribution is -0.113. The lowest BCUT2D eigenvalue weighted by atomic mass is 10.0. The molecule has 3 aromatic rings. The fourth-order valence-electron chi connectivity index (χ4n) is 2.91. The van der Waals surface area contributed by atoms with E-state index in [1.165, 1.54) is 35.8 Å². The van der Waals surface area contributed by atoms with Crippen LogP contribution in [0.15, 0.2) is 53.5 Å². The van der Waals surface area contributed by atoms with Crippen molar-refractivity contribution in [2.75, 3.05) is 18.2 Å². The van der Waals surface area contributed by atoms with Gasteiger partial charge in [-0.3, -0.25) is 9.36 Å². The molecule has 0 atom stereocenters. The molecule has 0 saturated heterocycles. The summed E-state index contributed by atoms with van der Waals surface area (Å²) in [4.78, 5) is 24.2. The van der Waals surface area contributed by atoms with E-state index in [0.29, 0.717) is 34.0 Å². The molecule has 1 amide bonds. The van der Waals surface area contributed by atoms with Crippen molar-refractivity contribution in [3.05, 3.63) is 65.3 Å².